The zero-order chi connectivity index (χ0) is 15.4. The number of likely N-dealkylation sites (tertiary alicyclic amines) is 1. The number of rotatable bonds is 4. The molecular weight excluding hydrogens is 272 g/mol. The largest absolute Gasteiger partial charge is 0.481 e. The first-order valence-electron chi connectivity index (χ1n) is 7.85. The van der Waals surface area contributed by atoms with E-state index < -0.39 is 5.97 Å². The molecule has 1 heterocycles. The molecule has 6 heteroatoms. The molecule has 0 aromatic rings. The van der Waals surface area contributed by atoms with Crippen LogP contribution in [0.2, 0.25) is 0 Å². The van der Waals surface area contributed by atoms with Gasteiger partial charge in [-0.25, -0.2) is 0 Å². The fourth-order valence-corrected chi connectivity index (χ4v) is 3.34. The van der Waals surface area contributed by atoms with Gasteiger partial charge in [0.05, 0.1) is 5.92 Å². The molecule has 2 rings (SSSR count). The second kappa shape index (κ2) is 6.91. The Kier molecular flexibility index (Phi) is 5.20. The minimum absolute atomic E-state index is 0.0182. The zero-order valence-corrected chi connectivity index (χ0v) is 12.5. The third-order valence-electron chi connectivity index (χ3n) is 4.56. The van der Waals surface area contributed by atoms with Crippen LogP contribution in [0.5, 0.6) is 0 Å². The summed E-state index contributed by atoms with van der Waals surface area (Å²) >= 11 is 0. The highest BCUT2D eigenvalue weighted by Crippen LogP contribution is 2.26. The van der Waals surface area contributed by atoms with E-state index in [0.717, 1.165) is 12.8 Å². The Morgan fingerprint density at radius 3 is 2.57 bits per heavy atom. The van der Waals surface area contributed by atoms with E-state index in [1.54, 1.807) is 11.8 Å². The van der Waals surface area contributed by atoms with Gasteiger partial charge in [-0.3, -0.25) is 14.4 Å². The van der Waals surface area contributed by atoms with Gasteiger partial charge in [0.15, 0.2) is 0 Å². The van der Waals surface area contributed by atoms with Crippen molar-refractivity contribution in [2.24, 2.45) is 5.92 Å². The van der Waals surface area contributed by atoms with Crippen molar-refractivity contribution in [1.29, 1.82) is 0 Å². The van der Waals surface area contributed by atoms with E-state index in [4.69, 9.17) is 5.11 Å². The second-order valence-corrected chi connectivity index (χ2v) is 6.01. The van der Waals surface area contributed by atoms with Gasteiger partial charge in [-0.05, 0) is 38.5 Å². The molecule has 0 radical (unpaired) electrons. The fourth-order valence-electron chi connectivity index (χ4n) is 3.34. The molecule has 2 aliphatic rings. The van der Waals surface area contributed by atoms with Gasteiger partial charge in [-0.2, -0.15) is 0 Å². The summed E-state index contributed by atoms with van der Waals surface area (Å²) in [5.74, 6) is -1.24. The number of carboxylic acid groups (broad SMARTS) is 1. The summed E-state index contributed by atoms with van der Waals surface area (Å²) in [5.41, 5.74) is 0. The Balaban J connectivity index is 1.92. The molecule has 0 aromatic carbocycles. The smallest absolute Gasteiger partial charge is 0.306 e. The summed E-state index contributed by atoms with van der Waals surface area (Å²) in [6, 6.07) is -0.450. The molecule has 118 valence electrons. The lowest BCUT2D eigenvalue weighted by Crippen LogP contribution is -2.53. The molecule has 2 N–H and O–H groups in total. The maximum absolute atomic E-state index is 12.4. The standard InChI is InChI=1S/C15H24N2O4/c1-2-13(18)17-8-4-3-5-12(17)14(19)16-11-7-6-10(9-11)15(20)21/h10-12H,2-9H2,1H3,(H,16,19)(H,20,21)/t10-,11+,12?/m1/s1. The van der Waals surface area contributed by atoms with E-state index in [2.05, 4.69) is 5.32 Å². The first-order chi connectivity index (χ1) is 10.0. The van der Waals surface area contributed by atoms with Crippen molar-refractivity contribution in [3.05, 3.63) is 0 Å². The van der Waals surface area contributed by atoms with Crippen molar-refractivity contribution in [2.75, 3.05) is 6.54 Å². The lowest BCUT2D eigenvalue weighted by molar-refractivity contribution is -0.142. The molecule has 0 aromatic heterocycles. The van der Waals surface area contributed by atoms with Gasteiger partial charge in [0.1, 0.15) is 6.04 Å². The fraction of sp³-hybridized carbons (Fsp3) is 0.800. The Hall–Kier alpha value is -1.59. The molecular formula is C15H24N2O4. The van der Waals surface area contributed by atoms with Crippen LogP contribution in [0.15, 0.2) is 0 Å². The average molecular weight is 296 g/mol. The van der Waals surface area contributed by atoms with Crippen LogP contribution < -0.4 is 5.32 Å². The third kappa shape index (κ3) is 3.74. The molecule has 1 saturated carbocycles. The Morgan fingerprint density at radius 1 is 1.19 bits per heavy atom. The Bertz CT molecular complexity index is 424. The summed E-state index contributed by atoms with van der Waals surface area (Å²) in [5, 5.41) is 11.9. The van der Waals surface area contributed by atoms with Crippen LogP contribution in [0.1, 0.15) is 51.9 Å². The molecule has 2 amide bonds. The first kappa shape index (κ1) is 15.8. The molecule has 1 unspecified atom stereocenters. The number of aliphatic carboxylic acids is 1. The van der Waals surface area contributed by atoms with Crippen molar-refractivity contribution in [2.45, 2.75) is 64.0 Å². The van der Waals surface area contributed by atoms with Gasteiger partial charge in [0.2, 0.25) is 11.8 Å². The van der Waals surface area contributed by atoms with Gasteiger partial charge in [-0.1, -0.05) is 6.92 Å². The summed E-state index contributed by atoms with van der Waals surface area (Å²) < 4.78 is 0. The lowest BCUT2D eigenvalue weighted by Gasteiger charge is -2.35. The summed E-state index contributed by atoms with van der Waals surface area (Å²) in [6.45, 7) is 2.45. The topological polar surface area (TPSA) is 86.7 Å². The minimum atomic E-state index is -0.785. The molecule has 1 aliphatic carbocycles. The number of carbonyl (C=O) groups excluding carboxylic acids is 2. The van der Waals surface area contributed by atoms with Crippen molar-refractivity contribution in [3.63, 3.8) is 0 Å². The van der Waals surface area contributed by atoms with Crippen molar-refractivity contribution in [1.82, 2.24) is 10.2 Å². The van der Waals surface area contributed by atoms with Crippen LogP contribution >= 0.6 is 0 Å². The lowest BCUT2D eigenvalue weighted by atomic mass is 10.0. The highest BCUT2D eigenvalue weighted by atomic mass is 16.4. The molecule has 0 bridgehead atoms. The van der Waals surface area contributed by atoms with Crippen molar-refractivity contribution >= 4 is 17.8 Å². The molecule has 21 heavy (non-hydrogen) atoms. The van der Waals surface area contributed by atoms with E-state index in [-0.39, 0.29) is 29.8 Å². The quantitative estimate of drug-likeness (QED) is 0.814. The van der Waals surface area contributed by atoms with Gasteiger partial charge >= 0.3 is 5.97 Å². The Morgan fingerprint density at radius 2 is 1.95 bits per heavy atom. The molecule has 1 aliphatic heterocycles. The SMILES string of the molecule is CCC(=O)N1CCCCC1C(=O)N[C@H]1CC[C@@H](C(=O)O)C1. The monoisotopic (exact) mass is 296 g/mol. The minimum Gasteiger partial charge on any atom is -0.481 e. The van der Waals surface area contributed by atoms with Crippen LogP contribution in [0, 0.1) is 5.92 Å². The van der Waals surface area contributed by atoms with Crippen LogP contribution in [-0.2, 0) is 14.4 Å². The van der Waals surface area contributed by atoms with Crippen LogP contribution in [-0.4, -0.2) is 46.4 Å². The molecule has 0 spiro atoms. The van der Waals surface area contributed by atoms with Gasteiger partial charge < -0.3 is 15.3 Å². The van der Waals surface area contributed by atoms with Crippen molar-refractivity contribution < 1.29 is 19.5 Å². The average Bonchev–Trinajstić information content (AvgIpc) is 2.95. The molecule has 2 fully saturated rings. The number of hydrogen-bond acceptors (Lipinski definition) is 3. The number of nitrogens with one attached hydrogen (secondary N) is 1. The summed E-state index contributed by atoms with van der Waals surface area (Å²) in [7, 11) is 0. The summed E-state index contributed by atoms with van der Waals surface area (Å²) in [4.78, 5) is 37.0. The van der Waals surface area contributed by atoms with Crippen LogP contribution in [0.4, 0.5) is 0 Å². The predicted octanol–water partition coefficient (Wildman–Crippen LogP) is 1.15. The predicted molar refractivity (Wildman–Crippen MR) is 76.6 cm³/mol. The third-order valence-corrected chi connectivity index (χ3v) is 4.56. The van der Waals surface area contributed by atoms with E-state index in [0.29, 0.717) is 38.6 Å². The van der Waals surface area contributed by atoms with E-state index in [9.17, 15) is 14.4 Å². The van der Waals surface area contributed by atoms with E-state index in [1.807, 2.05) is 0 Å². The molecule has 6 nitrogen and oxygen atoms in total. The van der Waals surface area contributed by atoms with Crippen LogP contribution in [0.25, 0.3) is 0 Å². The molecule has 3 atom stereocenters. The maximum Gasteiger partial charge on any atom is 0.306 e. The maximum atomic E-state index is 12.4. The number of carboxylic acids is 1. The zero-order valence-electron chi connectivity index (χ0n) is 12.5. The number of nitrogens with zero attached hydrogens (tertiary/aromatic N) is 1. The molecule has 1 saturated heterocycles. The number of amides is 2. The number of piperidine rings is 1. The summed E-state index contributed by atoms with van der Waals surface area (Å²) in [6.07, 6.45) is 4.82. The van der Waals surface area contributed by atoms with Gasteiger partial charge in [-0.15, -0.1) is 0 Å². The van der Waals surface area contributed by atoms with Gasteiger partial charge in [0.25, 0.3) is 0 Å². The van der Waals surface area contributed by atoms with E-state index in [1.165, 1.54) is 0 Å². The highest BCUT2D eigenvalue weighted by molar-refractivity contribution is 5.88. The van der Waals surface area contributed by atoms with Crippen LogP contribution in [0.3, 0.4) is 0 Å². The normalized spacial score (nSPS) is 29.2. The number of hydrogen-bond donors (Lipinski definition) is 2. The van der Waals surface area contributed by atoms with E-state index >= 15 is 0 Å². The Labute approximate surface area is 124 Å². The second-order valence-electron chi connectivity index (χ2n) is 6.01. The van der Waals surface area contributed by atoms with Crippen molar-refractivity contribution in [3.8, 4) is 0 Å². The number of carbonyl (C=O) groups is 3. The highest BCUT2D eigenvalue weighted by Gasteiger charge is 2.35. The first-order valence-corrected chi connectivity index (χ1v) is 7.85. The van der Waals surface area contributed by atoms with Gasteiger partial charge in [0, 0.05) is 19.0 Å².